The molecule has 13 nitrogen and oxygen atoms in total. The number of carbonyl (C=O) groups is 6. The first kappa shape index (κ1) is 48.7. The third kappa shape index (κ3) is 15.7. The number of aliphatic hydroxyl groups excluding tert-OH is 1. The van der Waals surface area contributed by atoms with Gasteiger partial charge in [-0.25, -0.2) is 4.79 Å². The van der Waals surface area contributed by atoms with Crippen LogP contribution in [0.25, 0.3) is 0 Å². The molecule has 1 unspecified atom stereocenters. The van der Waals surface area contributed by atoms with E-state index >= 15 is 0 Å². The lowest BCUT2D eigenvalue weighted by atomic mass is 9.89. The Morgan fingerprint density at radius 1 is 0.927 bits per heavy atom. The molecule has 4 amide bonds. The lowest BCUT2D eigenvalue weighted by Crippen LogP contribution is -2.56. The van der Waals surface area contributed by atoms with Gasteiger partial charge in [0.2, 0.25) is 17.7 Å². The summed E-state index contributed by atoms with van der Waals surface area (Å²) in [7, 11) is 2.92. The van der Waals surface area contributed by atoms with Crippen molar-refractivity contribution >= 4 is 35.4 Å². The molecule has 0 bridgehead atoms. The minimum atomic E-state index is -1.22. The quantitative estimate of drug-likeness (QED) is 0.0775. The van der Waals surface area contributed by atoms with Gasteiger partial charge >= 0.3 is 5.97 Å². The van der Waals surface area contributed by atoms with Crippen LogP contribution in [0.3, 0.4) is 0 Å². The number of Topliss-reactive ketones (excluding diaryl/α,β-unsaturated/α-hetero) is 1. The van der Waals surface area contributed by atoms with Gasteiger partial charge in [0, 0.05) is 38.0 Å². The average Bonchev–Trinajstić information content (AvgIpc) is 3.15. The fraction of sp³-hybridized carbons (Fsp3) is 0.619. The monoisotopic (exact) mass is 769 g/mol. The van der Waals surface area contributed by atoms with E-state index in [0.29, 0.717) is 6.42 Å². The van der Waals surface area contributed by atoms with Gasteiger partial charge < -0.3 is 36.0 Å². The summed E-state index contributed by atoms with van der Waals surface area (Å²) in [4.78, 5) is 82.1. The van der Waals surface area contributed by atoms with E-state index in [0.717, 1.165) is 11.1 Å². The molecule has 13 heteroatoms. The average molecular weight is 770 g/mol. The Bertz CT molecular complexity index is 1510. The number of amides is 4. The van der Waals surface area contributed by atoms with Crippen LogP contribution in [0.15, 0.2) is 53.6 Å². The van der Waals surface area contributed by atoms with Crippen molar-refractivity contribution in [2.45, 2.75) is 131 Å². The Kier molecular flexibility index (Phi) is 20.8. The van der Waals surface area contributed by atoms with Crippen molar-refractivity contribution in [1.82, 2.24) is 20.4 Å². The number of hydrogen-bond acceptors (Lipinski definition) is 9. The highest BCUT2D eigenvalue weighted by molar-refractivity contribution is 5.95. The third-order valence-electron chi connectivity index (χ3n) is 10.2. The Morgan fingerprint density at radius 3 is 2.05 bits per heavy atom. The van der Waals surface area contributed by atoms with E-state index in [1.165, 1.54) is 37.7 Å². The molecule has 1 rings (SSSR count). The lowest BCUT2D eigenvalue weighted by Gasteiger charge is -2.33. The van der Waals surface area contributed by atoms with E-state index in [9.17, 15) is 33.9 Å². The van der Waals surface area contributed by atoms with Crippen LogP contribution in [0.5, 0.6) is 0 Å². The van der Waals surface area contributed by atoms with Gasteiger partial charge in [0.1, 0.15) is 12.1 Å². The number of ether oxygens (including phenoxy) is 1. The molecule has 0 saturated heterocycles. The minimum absolute atomic E-state index is 0.0444. The van der Waals surface area contributed by atoms with Crippen LogP contribution in [0.1, 0.15) is 94.1 Å². The summed E-state index contributed by atoms with van der Waals surface area (Å²) in [6.07, 6.45) is 2.57. The Hall–Kier alpha value is -4.36. The first-order valence-corrected chi connectivity index (χ1v) is 19.3. The van der Waals surface area contributed by atoms with Crippen molar-refractivity contribution in [3.8, 4) is 0 Å². The second-order valence-corrected chi connectivity index (χ2v) is 15.3. The third-order valence-corrected chi connectivity index (χ3v) is 10.2. The first-order chi connectivity index (χ1) is 25.7. The number of benzene rings is 1. The maximum Gasteiger partial charge on any atom is 0.334 e. The second kappa shape index (κ2) is 23.5. The minimum Gasteiger partial charge on any atom is -0.449 e. The van der Waals surface area contributed by atoms with E-state index in [1.807, 2.05) is 84.9 Å². The molecule has 0 fully saturated rings. The lowest BCUT2D eigenvalue weighted by molar-refractivity contribution is -0.154. The van der Waals surface area contributed by atoms with Crippen LogP contribution in [0, 0.1) is 17.8 Å². The van der Waals surface area contributed by atoms with Crippen molar-refractivity contribution in [1.29, 1.82) is 0 Å². The number of likely N-dealkylation sites (N-methyl/N-ethyl adjacent to an activating group) is 2. The molecule has 55 heavy (non-hydrogen) atoms. The maximum atomic E-state index is 13.9. The predicted molar refractivity (Wildman–Crippen MR) is 214 cm³/mol. The van der Waals surface area contributed by atoms with Crippen LogP contribution in [0.2, 0.25) is 0 Å². The second-order valence-electron chi connectivity index (χ2n) is 15.3. The molecule has 0 spiro atoms. The molecule has 1 aromatic rings. The number of aliphatic hydroxyl groups is 1. The highest BCUT2D eigenvalue weighted by Crippen LogP contribution is 2.19. The molecule has 0 aliphatic rings. The molecular formula is C42H67N5O8. The molecular weight excluding hydrogens is 702 g/mol. The van der Waals surface area contributed by atoms with Crippen LogP contribution < -0.4 is 16.4 Å². The Balaban J connectivity index is 3.16. The first-order valence-electron chi connectivity index (χ1n) is 19.3. The van der Waals surface area contributed by atoms with Gasteiger partial charge in [-0.2, -0.15) is 0 Å². The number of nitrogens with one attached hydrogen (secondary N) is 2. The number of rotatable bonds is 22. The smallest absolute Gasteiger partial charge is 0.334 e. The summed E-state index contributed by atoms with van der Waals surface area (Å²) in [5, 5.41) is 16.1. The molecule has 0 aliphatic heterocycles. The van der Waals surface area contributed by atoms with Crippen molar-refractivity contribution in [2.24, 2.45) is 23.5 Å². The highest BCUT2D eigenvalue weighted by Gasteiger charge is 2.35. The van der Waals surface area contributed by atoms with Gasteiger partial charge in [0.05, 0.1) is 18.7 Å². The molecule has 0 radical (unpaired) electrons. The number of nitrogens with two attached hydrogens (primary N) is 1. The SMILES string of the molecule is C/C=C(\C)[C@@H](N)[C@@H](C)[C@H](O)C/C=C(\C)C(=O)O[C@H](CC(C)C)C(=O)N[C@@H](C)C(=O)N(C)[C@H](Cc1ccccc1)C(=O)N(C)CC(=O)N[C@H](C(C)=O)C(C)CC. The number of esters is 1. The van der Waals surface area contributed by atoms with Crippen molar-refractivity contribution in [3.63, 3.8) is 0 Å². The molecule has 0 saturated carbocycles. The van der Waals surface area contributed by atoms with Gasteiger partial charge in [0.25, 0.3) is 5.91 Å². The van der Waals surface area contributed by atoms with Gasteiger partial charge in [-0.1, -0.05) is 89.1 Å². The topological polar surface area (TPSA) is 188 Å². The van der Waals surface area contributed by atoms with Gasteiger partial charge in [-0.05, 0) is 64.9 Å². The molecule has 5 N–H and O–H groups in total. The number of ketones is 1. The van der Waals surface area contributed by atoms with Crippen LogP contribution in [0.4, 0.5) is 0 Å². The molecule has 0 aromatic heterocycles. The molecule has 0 aliphatic carbocycles. The maximum absolute atomic E-state index is 13.9. The van der Waals surface area contributed by atoms with Gasteiger partial charge in [-0.3, -0.25) is 24.0 Å². The summed E-state index contributed by atoms with van der Waals surface area (Å²) in [6, 6.07) is 5.91. The zero-order valence-electron chi connectivity index (χ0n) is 35.0. The van der Waals surface area contributed by atoms with Gasteiger partial charge in [0.15, 0.2) is 11.9 Å². The summed E-state index contributed by atoms with van der Waals surface area (Å²) in [5.41, 5.74) is 8.17. The summed E-state index contributed by atoms with van der Waals surface area (Å²) in [5.74, 6) is -3.59. The van der Waals surface area contributed by atoms with E-state index < -0.39 is 59.9 Å². The zero-order chi connectivity index (χ0) is 42.2. The predicted octanol–water partition coefficient (Wildman–Crippen LogP) is 3.72. The Labute approximate surface area is 328 Å². The number of allylic oxidation sites excluding steroid dienone is 1. The normalized spacial score (nSPS) is 16.4. The van der Waals surface area contributed by atoms with E-state index in [1.54, 1.807) is 13.0 Å². The van der Waals surface area contributed by atoms with Crippen molar-refractivity contribution in [3.05, 3.63) is 59.2 Å². The largest absolute Gasteiger partial charge is 0.449 e. The standard InChI is InChI=1S/C42H67N5O8/c1-13-26(5)37(43)29(8)34(49)21-20-28(7)42(54)55-35(22-25(3)4)39(51)44-30(9)40(52)47(12)33(23-32-18-16-15-17-19-32)41(53)46(11)24-36(50)45-38(31(10)48)27(6)14-2/h13,15-20,25,27,29-30,33-35,37-38,49H,14,21-24,43H2,1-12H3,(H,44,51)(H,45,50)/b26-13+,28-20+/t27?,29-,30-,33+,34+,35+,37+,38-/m0/s1. The number of nitrogens with zero attached hydrogens (tertiary/aromatic N) is 2. The fourth-order valence-electron chi connectivity index (χ4n) is 6.00. The van der Waals surface area contributed by atoms with E-state index in [-0.39, 0.29) is 61.0 Å². The van der Waals surface area contributed by atoms with Crippen LogP contribution in [-0.2, 0) is 39.9 Å². The van der Waals surface area contributed by atoms with Crippen LogP contribution in [-0.4, -0.2) is 107 Å². The van der Waals surface area contributed by atoms with Crippen molar-refractivity contribution in [2.75, 3.05) is 20.6 Å². The molecule has 308 valence electrons. The van der Waals surface area contributed by atoms with Crippen LogP contribution >= 0.6 is 0 Å². The number of carbonyl (C=O) groups excluding carboxylic acids is 6. The Morgan fingerprint density at radius 2 is 1.53 bits per heavy atom. The summed E-state index contributed by atoms with van der Waals surface area (Å²) in [6.45, 7) is 17.2. The molecule has 0 heterocycles. The summed E-state index contributed by atoms with van der Waals surface area (Å²) >= 11 is 0. The fourth-order valence-corrected chi connectivity index (χ4v) is 6.00. The summed E-state index contributed by atoms with van der Waals surface area (Å²) < 4.78 is 5.64. The van der Waals surface area contributed by atoms with Gasteiger partial charge in [-0.15, -0.1) is 0 Å². The molecule has 8 atom stereocenters. The zero-order valence-corrected chi connectivity index (χ0v) is 35.0. The highest BCUT2D eigenvalue weighted by atomic mass is 16.5. The van der Waals surface area contributed by atoms with E-state index in [4.69, 9.17) is 10.5 Å². The molecule has 1 aromatic carbocycles. The van der Waals surface area contributed by atoms with Crippen molar-refractivity contribution < 1.29 is 38.6 Å². The van der Waals surface area contributed by atoms with E-state index in [2.05, 4.69) is 10.6 Å². The number of hydrogen-bond donors (Lipinski definition) is 4.